The Labute approximate surface area is 109 Å². The molecular weight excluding hydrogens is 228 g/mol. The fourth-order valence-corrected chi connectivity index (χ4v) is 1.60. The minimum absolute atomic E-state index is 0.309. The number of ether oxygens (including phenoxy) is 1. The molecule has 1 aromatic carbocycles. The highest BCUT2D eigenvalue weighted by Crippen LogP contribution is 2.03. The molecule has 0 unspecified atom stereocenters. The highest BCUT2D eigenvalue weighted by atomic mass is 16.5. The normalized spacial score (nSPS) is 11.9. The van der Waals surface area contributed by atoms with Crippen molar-refractivity contribution in [2.24, 2.45) is 11.7 Å². The van der Waals surface area contributed by atoms with Gasteiger partial charge < -0.3 is 15.8 Å². The Kier molecular flexibility index (Phi) is 6.87. The van der Waals surface area contributed by atoms with Gasteiger partial charge in [0.15, 0.2) is 0 Å². The Bertz CT molecular complexity index is 341. The van der Waals surface area contributed by atoms with Crippen LogP contribution in [0.5, 0.6) is 0 Å². The minimum Gasteiger partial charge on any atom is -0.445 e. The van der Waals surface area contributed by atoms with Gasteiger partial charge in [-0.05, 0) is 30.9 Å². The summed E-state index contributed by atoms with van der Waals surface area (Å²) in [6.45, 7) is 3.73. The summed E-state index contributed by atoms with van der Waals surface area (Å²) in [7, 11) is 0. The van der Waals surface area contributed by atoms with Crippen molar-refractivity contribution in [2.45, 2.75) is 26.4 Å². The lowest BCUT2D eigenvalue weighted by Gasteiger charge is -2.12. The first-order valence-corrected chi connectivity index (χ1v) is 6.37. The number of nitrogens with one attached hydrogen (secondary N) is 1. The summed E-state index contributed by atoms with van der Waals surface area (Å²) >= 11 is 0. The number of amides is 1. The van der Waals surface area contributed by atoms with Crippen LogP contribution in [0.2, 0.25) is 0 Å². The van der Waals surface area contributed by atoms with Gasteiger partial charge in [0, 0.05) is 6.54 Å². The molecule has 100 valence electrons. The quantitative estimate of drug-likeness (QED) is 0.780. The number of nitrogens with two attached hydrogens (primary N) is 1. The molecule has 0 aromatic heterocycles. The van der Waals surface area contributed by atoms with E-state index in [9.17, 15) is 4.79 Å². The zero-order chi connectivity index (χ0) is 13.2. The standard InChI is InChI=1S/C14H22N2O2/c1-12(6-5-9-15)10-16-14(17)18-11-13-7-3-2-4-8-13/h2-4,7-8,12H,5-6,9-11,15H2,1H3,(H,16,17)/t12-/m0/s1. The van der Waals surface area contributed by atoms with Gasteiger partial charge in [-0.15, -0.1) is 0 Å². The summed E-state index contributed by atoms with van der Waals surface area (Å²) in [5.74, 6) is 0.429. The molecule has 0 saturated carbocycles. The SMILES string of the molecule is C[C@@H](CCCN)CNC(=O)OCc1ccccc1. The van der Waals surface area contributed by atoms with Crippen LogP contribution in [0, 0.1) is 5.92 Å². The summed E-state index contributed by atoms with van der Waals surface area (Å²) in [5, 5.41) is 2.76. The molecule has 0 aliphatic heterocycles. The predicted octanol–water partition coefficient (Wildman–Crippen LogP) is 2.29. The van der Waals surface area contributed by atoms with Gasteiger partial charge in [-0.25, -0.2) is 4.79 Å². The molecule has 0 bridgehead atoms. The lowest BCUT2D eigenvalue weighted by Crippen LogP contribution is -2.29. The second-order valence-electron chi connectivity index (χ2n) is 4.48. The molecule has 4 nitrogen and oxygen atoms in total. The van der Waals surface area contributed by atoms with Crippen LogP contribution >= 0.6 is 0 Å². The van der Waals surface area contributed by atoms with Gasteiger partial charge in [-0.1, -0.05) is 37.3 Å². The van der Waals surface area contributed by atoms with E-state index in [1.807, 2.05) is 30.3 Å². The number of alkyl carbamates (subject to hydrolysis) is 1. The van der Waals surface area contributed by atoms with Crippen LogP contribution < -0.4 is 11.1 Å². The van der Waals surface area contributed by atoms with Crippen molar-refractivity contribution < 1.29 is 9.53 Å². The Hall–Kier alpha value is -1.55. The maximum absolute atomic E-state index is 11.4. The van der Waals surface area contributed by atoms with E-state index in [0.717, 1.165) is 18.4 Å². The summed E-state index contributed by atoms with van der Waals surface area (Å²) < 4.78 is 5.11. The zero-order valence-electron chi connectivity index (χ0n) is 10.9. The molecule has 0 radical (unpaired) electrons. The average Bonchev–Trinajstić information content (AvgIpc) is 2.41. The van der Waals surface area contributed by atoms with Crippen LogP contribution in [0.3, 0.4) is 0 Å². The van der Waals surface area contributed by atoms with Crippen LogP contribution in [0.4, 0.5) is 4.79 Å². The van der Waals surface area contributed by atoms with E-state index in [1.165, 1.54) is 0 Å². The molecule has 1 atom stereocenters. The third-order valence-electron chi connectivity index (χ3n) is 2.71. The van der Waals surface area contributed by atoms with Crippen molar-refractivity contribution in [3.8, 4) is 0 Å². The molecule has 0 heterocycles. The topological polar surface area (TPSA) is 64.3 Å². The molecule has 18 heavy (non-hydrogen) atoms. The minimum atomic E-state index is -0.363. The summed E-state index contributed by atoms with van der Waals surface area (Å²) in [6.07, 6.45) is 1.65. The third kappa shape index (κ3) is 6.25. The molecule has 4 heteroatoms. The second-order valence-corrected chi connectivity index (χ2v) is 4.48. The maximum Gasteiger partial charge on any atom is 0.407 e. The zero-order valence-corrected chi connectivity index (χ0v) is 10.9. The number of hydrogen-bond acceptors (Lipinski definition) is 3. The van der Waals surface area contributed by atoms with E-state index in [-0.39, 0.29) is 6.09 Å². The Morgan fingerprint density at radius 3 is 2.78 bits per heavy atom. The van der Waals surface area contributed by atoms with E-state index in [0.29, 0.717) is 25.6 Å². The van der Waals surface area contributed by atoms with E-state index < -0.39 is 0 Å². The van der Waals surface area contributed by atoms with Gasteiger partial charge in [0.05, 0.1) is 0 Å². The molecule has 0 saturated heterocycles. The molecule has 1 amide bonds. The molecule has 1 rings (SSSR count). The fourth-order valence-electron chi connectivity index (χ4n) is 1.60. The first-order chi connectivity index (χ1) is 8.72. The van der Waals surface area contributed by atoms with Crippen molar-refractivity contribution in [1.82, 2.24) is 5.32 Å². The van der Waals surface area contributed by atoms with Crippen LogP contribution in [0.1, 0.15) is 25.3 Å². The van der Waals surface area contributed by atoms with Crippen LogP contribution in [0.15, 0.2) is 30.3 Å². The molecular formula is C14H22N2O2. The number of rotatable bonds is 7. The summed E-state index contributed by atoms with van der Waals surface area (Å²) in [6, 6.07) is 9.63. The number of carbonyl (C=O) groups is 1. The van der Waals surface area contributed by atoms with Crippen molar-refractivity contribution in [3.05, 3.63) is 35.9 Å². The molecule has 0 aliphatic carbocycles. The molecule has 3 N–H and O–H groups in total. The first-order valence-electron chi connectivity index (χ1n) is 6.37. The number of carbonyl (C=O) groups excluding carboxylic acids is 1. The predicted molar refractivity (Wildman–Crippen MR) is 72.1 cm³/mol. The lowest BCUT2D eigenvalue weighted by molar-refractivity contribution is 0.138. The van der Waals surface area contributed by atoms with E-state index in [2.05, 4.69) is 12.2 Å². The van der Waals surface area contributed by atoms with Gasteiger partial charge in [0.2, 0.25) is 0 Å². The summed E-state index contributed by atoms with van der Waals surface area (Å²) in [5.41, 5.74) is 6.42. The maximum atomic E-state index is 11.4. The highest BCUT2D eigenvalue weighted by Gasteiger charge is 2.06. The number of benzene rings is 1. The van der Waals surface area contributed by atoms with Gasteiger partial charge in [-0.2, -0.15) is 0 Å². The highest BCUT2D eigenvalue weighted by molar-refractivity contribution is 5.67. The first kappa shape index (κ1) is 14.5. The van der Waals surface area contributed by atoms with E-state index in [1.54, 1.807) is 0 Å². The van der Waals surface area contributed by atoms with Crippen molar-refractivity contribution in [3.63, 3.8) is 0 Å². The second kappa shape index (κ2) is 8.53. The van der Waals surface area contributed by atoms with Crippen LogP contribution in [-0.2, 0) is 11.3 Å². The van der Waals surface area contributed by atoms with Gasteiger partial charge in [0.1, 0.15) is 6.61 Å². The van der Waals surface area contributed by atoms with Gasteiger partial charge in [-0.3, -0.25) is 0 Å². The average molecular weight is 250 g/mol. The Balaban J connectivity index is 2.14. The van der Waals surface area contributed by atoms with Crippen LogP contribution in [0.25, 0.3) is 0 Å². The lowest BCUT2D eigenvalue weighted by atomic mass is 10.1. The Morgan fingerprint density at radius 1 is 1.39 bits per heavy atom. The molecule has 0 spiro atoms. The third-order valence-corrected chi connectivity index (χ3v) is 2.71. The Morgan fingerprint density at radius 2 is 2.11 bits per heavy atom. The van der Waals surface area contributed by atoms with Gasteiger partial charge >= 0.3 is 6.09 Å². The van der Waals surface area contributed by atoms with Crippen LogP contribution in [-0.4, -0.2) is 19.2 Å². The molecule has 1 aromatic rings. The monoisotopic (exact) mass is 250 g/mol. The van der Waals surface area contributed by atoms with Gasteiger partial charge in [0.25, 0.3) is 0 Å². The van der Waals surface area contributed by atoms with E-state index in [4.69, 9.17) is 10.5 Å². The van der Waals surface area contributed by atoms with Crippen molar-refractivity contribution in [1.29, 1.82) is 0 Å². The molecule has 0 aliphatic rings. The summed E-state index contributed by atoms with van der Waals surface area (Å²) in [4.78, 5) is 11.4. The number of hydrogen-bond donors (Lipinski definition) is 2. The fraction of sp³-hybridized carbons (Fsp3) is 0.500. The van der Waals surface area contributed by atoms with Crippen molar-refractivity contribution >= 4 is 6.09 Å². The smallest absolute Gasteiger partial charge is 0.407 e. The largest absolute Gasteiger partial charge is 0.445 e. The molecule has 0 fully saturated rings. The van der Waals surface area contributed by atoms with Crippen molar-refractivity contribution in [2.75, 3.05) is 13.1 Å². The van der Waals surface area contributed by atoms with E-state index >= 15 is 0 Å².